The van der Waals surface area contributed by atoms with E-state index in [1.165, 1.54) is 23.1 Å². The largest absolute Gasteiger partial charge is 0.409 e. The maximum atomic E-state index is 8.58. The predicted octanol–water partition coefficient (Wildman–Crippen LogP) is 1.88. The van der Waals surface area contributed by atoms with Gasteiger partial charge in [-0.2, -0.15) is 0 Å². The molecule has 0 aliphatic heterocycles. The molecule has 1 rings (SSSR count). The second-order valence-electron chi connectivity index (χ2n) is 2.58. The molecule has 84 valence electrons. The fourth-order valence-electron chi connectivity index (χ4n) is 0.866. The fraction of sp³-hybridized carbons (Fsp3) is 0.571. The van der Waals surface area contributed by atoms with Crippen LogP contribution < -0.4 is 5.73 Å². The van der Waals surface area contributed by atoms with Crippen molar-refractivity contribution in [2.24, 2.45) is 10.9 Å². The van der Waals surface area contributed by atoms with Crippen molar-refractivity contribution in [1.29, 1.82) is 0 Å². The smallest absolute Gasteiger partial charge is 0.175 e. The summed E-state index contributed by atoms with van der Waals surface area (Å²) in [4.78, 5) is 0. The van der Waals surface area contributed by atoms with Gasteiger partial charge in [0.05, 0.1) is 5.25 Å². The van der Waals surface area contributed by atoms with Crippen LogP contribution in [0.3, 0.4) is 0 Å². The minimum Gasteiger partial charge on any atom is -0.409 e. The van der Waals surface area contributed by atoms with E-state index in [9.17, 15) is 0 Å². The third-order valence-electron chi connectivity index (χ3n) is 1.62. The molecule has 1 heterocycles. The van der Waals surface area contributed by atoms with Crippen molar-refractivity contribution in [1.82, 2.24) is 10.2 Å². The van der Waals surface area contributed by atoms with Gasteiger partial charge in [0, 0.05) is 0 Å². The van der Waals surface area contributed by atoms with E-state index in [1.54, 1.807) is 11.8 Å². The lowest BCUT2D eigenvalue weighted by molar-refractivity contribution is 0.317. The Labute approximate surface area is 101 Å². The summed E-state index contributed by atoms with van der Waals surface area (Å²) in [6.07, 6.45) is 2.74. The Kier molecular flexibility index (Phi) is 5.20. The molecule has 0 bridgehead atoms. The van der Waals surface area contributed by atoms with Crippen molar-refractivity contribution < 1.29 is 5.21 Å². The topological polar surface area (TPSA) is 84.4 Å². The first-order valence-electron chi connectivity index (χ1n) is 4.22. The van der Waals surface area contributed by atoms with Crippen molar-refractivity contribution in [2.75, 3.05) is 6.26 Å². The molecule has 5 nitrogen and oxygen atoms in total. The fourth-order valence-corrected chi connectivity index (χ4v) is 3.47. The Balaban J connectivity index is 2.66. The molecule has 3 N–H and O–H groups in total. The van der Waals surface area contributed by atoms with E-state index in [0.29, 0.717) is 0 Å². The molecule has 15 heavy (non-hydrogen) atoms. The lowest BCUT2D eigenvalue weighted by Crippen LogP contribution is -2.25. The average Bonchev–Trinajstić information content (AvgIpc) is 2.72. The minimum atomic E-state index is -0.0438. The lowest BCUT2D eigenvalue weighted by atomic mass is 10.3. The maximum Gasteiger partial charge on any atom is 0.175 e. The van der Waals surface area contributed by atoms with Gasteiger partial charge in [0.25, 0.3) is 0 Å². The molecule has 8 heteroatoms. The highest BCUT2D eigenvalue weighted by Gasteiger charge is 2.16. The van der Waals surface area contributed by atoms with E-state index >= 15 is 0 Å². The van der Waals surface area contributed by atoms with Crippen molar-refractivity contribution in [2.45, 2.75) is 27.3 Å². The van der Waals surface area contributed by atoms with Gasteiger partial charge in [0.15, 0.2) is 14.5 Å². The maximum absolute atomic E-state index is 8.58. The van der Waals surface area contributed by atoms with Crippen LogP contribution in [0.2, 0.25) is 0 Å². The van der Waals surface area contributed by atoms with Crippen molar-refractivity contribution in [3.05, 3.63) is 0 Å². The van der Waals surface area contributed by atoms with Gasteiger partial charge in [-0.15, -0.1) is 10.2 Å². The molecule has 1 atom stereocenters. The molecule has 0 aliphatic rings. The molecule has 0 amide bonds. The summed E-state index contributed by atoms with van der Waals surface area (Å²) in [7, 11) is 0. The second kappa shape index (κ2) is 6.19. The van der Waals surface area contributed by atoms with Gasteiger partial charge >= 0.3 is 0 Å². The number of hydrogen-bond acceptors (Lipinski definition) is 7. The van der Waals surface area contributed by atoms with Crippen LogP contribution in [0.15, 0.2) is 13.8 Å². The zero-order chi connectivity index (χ0) is 11.3. The van der Waals surface area contributed by atoms with Crippen LogP contribution in [0.1, 0.15) is 13.3 Å². The Morgan fingerprint density at radius 2 is 2.27 bits per heavy atom. The normalized spacial score (nSPS) is 14.1. The van der Waals surface area contributed by atoms with Gasteiger partial charge in [-0.3, -0.25) is 0 Å². The second-order valence-corrected chi connectivity index (χ2v) is 6.06. The zero-order valence-corrected chi connectivity index (χ0v) is 10.8. The molecule has 1 aromatic heterocycles. The van der Waals surface area contributed by atoms with Crippen molar-refractivity contribution >= 4 is 40.7 Å². The summed E-state index contributed by atoms with van der Waals surface area (Å²) >= 11 is 4.55. The van der Waals surface area contributed by atoms with Crippen LogP contribution >= 0.6 is 34.9 Å². The summed E-state index contributed by atoms with van der Waals surface area (Å²) in [5.74, 6) is 0.225. The van der Waals surface area contributed by atoms with Crippen LogP contribution in [0, 0.1) is 0 Å². The van der Waals surface area contributed by atoms with Crippen LogP contribution in [0.25, 0.3) is 0 Å². The van der Waals surface area contributed by atoms with Crippen molar-refractivity contribution in [3.8, 4) is 0 Å². The van der Waals surface area contributed by atoms with E-state index in [0.717, 1.165) is 15.1 Å². The highest BCUT2D eigenvalue weighted by molar-refractivity contribution is 8.03. The van der Waals surface area contributed by atoms with Gasteiger partial charge in [-0.1, -0.05) is 46.9 Å². The number of nitrogens with zero attached hydrogens (tertiary/aromatic N) is 3. The summed E-state index contributed by atoms with van der Waals surface area (Å²) in [6.45, 7) is 1.98. The number of amidine groups is 1. The number of hydrogen-bond donors (Lipinski definition) is 2. The first-order valence-corrected chi connectivity index (χ1v) is 7.14. The van der Waals surface area contributed by atoms with E-state index in [2.05, 4.69) is 15.4 Å². The molecule has 0 saturated carbocycles. The van der Waals surface area contributed by atoms with E-state index in [-0.39, 0.29) is 11.1 Å². The third-order valence-corrected chi connectivity index (χ3v) is 5.00. The zero-order valence-electron chi connectivity index (χ0n) is 8.38. The summed E-state index contributed by atoms with van der Waals surface area (Å²) < 4.78 is 1.77. The predicted molar refractivity (Wildman–Crippen MR) is 65.0 cm³/mol. The van der Waals surface area contributed by atoms with Crippen molar-refractivity contribution in [3.63, 3.8) is 0 Å². The van der Waals surface area contributed by atoms with E-state index in [1.807, 2.05) is 13.2 Å². The van der Waals surface area contributed by atoms with Gasteiger partial charge in [-0.25, -0.2) is 0 Å². The molecule has 1 unspecified atom stereocenters. The molecule has 0 aliphatic carbocycles. The number of rotatable bonds is 5. The minimum absolute atomic E-state index is 0.0438. The Morgan fingerprint density at radius 1 is 1.60 bits per heavy atom. The Hall–Kier alpha value is -0.470. The van der Waals surface area contributed by atoms with Crippen LogP contribution in [-0.2, 0) is 0 Å². The summed E-state index contributed by atoms with van der Waals surface area (Å²) in [6, 6.07) is 0. The van der Waals surface area contributed by atoms with Crippen LogP contribution in [-0.4, -0.2) is 32.7 Å². The SMILES string of the molecule is CCC(Sc1nnc(SC)s1)C(N)=NO. The molecule has 0 spiro atoms. The number of aromatic nitrogens is 2. The molecular formula is C7H12N4OS3. The number of oxime groups is 1. The third kappa shape index (κ3) is 3.54. The van der Waals surface area contributed by atoms with E-state index < -0.39 is 0 Å². The van der Waals surface area contributed by atoms with Gasteiger partial charge in [-0.05, 0) is 12.7 Å². The lowest BCUT2D eigenvalue weighted by Gasteiger charge is -2.09. The van der Waals surface area contributed by atoms with Crippen LogP contribution in [0.5, 0.6) is 0 Å². The first kappa shape index (κ1) is 12.6. The number of thioether (sulfide) groups is 2. The monoisotopic (exact) mass is 264 g/mol. The highest BCUT2D eigenvalue weighted by atomic mass is 32.2. The molecule has 0 saturated heterocycles. The molecule has 0 radical (unpaired) electrons. The molecule has 0 aromatic carbocycles. The quantitative estimate of drug-likeness (QED) is 0.278. The number of nitrogens with two attached hydrogens (primary N) is 1. The average molecular weight is 264 g/mol. The van der Waals surface area contributed by atoms with E-state index in [4.69, 9.17) is 10.9 Å². The summed E-state index contributed by atoms with van der Waals surface area (Å²) in [5, 5.41) is 19.5. The Bertz CT molecular complexity index is 341. The molecule has 1 aromatic rings. The highest BCUT2D eigenvalue weighted by Crippen LogP contribution is 2.31. The Morgan fingerprint density at radius 3 is 2.73 bits per heavy atom. The molecule has 0 fully saturated rings. The van der Waals surface area contributed by atoms with Crippen LogP contribution in [0.4, 0.5) is 0 Å². The summed E-state index contributed by atoms with van der Waals surface area (Å²) in [5.41, 5.74) is 5.55. The van der Waals surface area contributed by atoms with Gasteiger partial charge < -0.3 is 10.9 Å². The standard InChI is InChI=1S/C7H12N4OS3/c1-3-4(5(8)11-12)14-7-10-9-6(13-2)15-7/h4,12H,3H2,1-2H3,(H2,8,11). The first-order chi connectivity index (χ1) is 7.21. The van der Waals surface area contributed by atoms with Gasteiger partial charge in [0.1, 0.15) is 0 Å². The van der Waals surface area contributed by atoms with Gasteiger partial charge in [0.2, 0.25) is 0 Å². The molecular weight excluding hydrogens is 252 g/mol.